The second-order valence-corrected chi connectivity index (χ2v) is 4.93. The SMILES string of the molecule is Nc1cccc2c1CCN(c1cn[nH]c(=O)c1Cl)C2. The molecule has 3 N–H and O–H groups in total. The van der Waals surface area contributed by atoms with Gasteiger partial charge in [0.1, 0.15) is 5.02 Å². The zero-order valence-electron chi connectivity index (χ0n) is 10.2. The van der Waals surface area contributed by atoms with E-state index in [1.54, 1.807) is 6.20 Å². The van der Waals surface area contributed by atoms with Crippen LogP contribution in [0, 0.1) is 0 Å². The number of nitrogens with zero attached hydrogens (tertiary/aromatic N) is 2. The van der Waals surface area contributed by atoms with E-state index >= 15 is 0 Å². The summed E-state index contributed by atoms with van der Waals surface area (Å²) >= 11 is 6.03. The average molecular weight is 277 g/mol. The van der Waals surface area contributed by atoms with E-state index in [2.05, 4.69) is 10.2 Å². The molecule has 5 nitrogen and oxygen atoms in total. The van der Waals surface area contributed by atoms with Gasteiger partial charge in [0.2, 0.25) is 0 Å². The molecule has 0 saturated heterocycles. The molecular weight excluding hydrogens is 264 g/mol. The molecule has 1 aromatic carbocycles. The Morgan fingerprint density at radius 2 is 2.26 bits per heavy atom. The Morgan fingerprint density at radius 1 is 1.42 bits per heavy atom. The van der Waals surface area contributed by atoms with E-state index in [0.717, 1.165) is 18.7 Å². The zero-order valence-corrected chi connectivity index (χ0v) is 10.9. The Kier molecular flexibility index (Phi) is 2.91. The Bertz CT molecular complexity index is 683. The van der Waals surface area contributed by atoms with E-state index in [0.29, 0.717) is 12.2 Å². The number of H-pyrrole nitrogens is 1. The van der Waals surface area contributed by atoms with Gasteiger partial charge in [-0.2, -0.15) is 5.10 Å². The first-order valence-electron chi connectivity index (χ1n) is 6.01. The molecule has 19 heavy (non-hydrogen) atoms. The second-order valence-electron chi connectivity index (χ2n) is 4.55. The summed E-state index contributed by atoms with van der Waals surface area (Å²) in [5.41, 5.74) is 9.45. The van der Waals surface area contributed by atoms with E-state index in [4.69, 9.17) is 17.3 Å². The van der Waals surface area contributed by atoms with Crippen LogP contribution in [-0.2, 0) is 13.0 Å². The van der Waals surface area contributed by atoms with Crippen LogP contribution in [0.2, 0.25) is 5.02 Å². The molecule has 6 heteroatoms. The lowest BCUT2D eigenvalue weighted by Gasteiger charge is -2.31. The first-order chi connectivity index (χ1) is 9.16. The van der Waals surface area contributed by atoms with Gasteiger partial charge in [0, 0.05) is 18.8 Å². The summed E-state index contributed by atoms with van der Waals surface area (Å²) in [6.07, 6.45) is 2.42. The highest BCUT2D eigenvalue weighted by molar-refractivity contribution is 6.33. The van der Waals surface area contributed by atoms with Crippen LogP contribution in [0.4, 0.5) is 11.4 Å². The fraction of sp³-hybridized carbons (Fsp3) is 0.231. The van der Waals surface area contributed by atoms with Crippen molar-refractivity contribution in [2.75, 3.05) is 17.2 Å². The van der Waals surface area contributed by atoms with Gasteiger partial charge in [0.25, 0.3) is 5.56 Å². The number of aromatic amines is 1. The molecule has 1 aliphatic heterocycles. The van der Waals surface area contributed by atoms with Gasteiger partial charge in [-0.1, -0.05) is 23.7 Å². The Hall–Kier alpha value is -2.01. The number of nitrogens with two attached hydrogens (primary N) is 1. The lowest BCUT2D eigenvalue weighted by atomic mass is 9.98. The molecule has 2 aromatic rings. The third-order valence-electron chi connectivity index (χ3n) is 3.42. The van der Waals surface area contributed by atoms with Crippen molar-refractivity contribution in [1.29, 1.82) is 0 Å². The lowest BCUT2D eigenvalue weighted by molar-refractivity contribution is 0.728. The van der Waals surface area contributed by atoms with Gasteiger partial charge in [-0.15, -0.1) is 0 Å². The van der Waals surface area contributed by atoms with Crippen molar-refractivity contribution in [3.8, 4) is 0 Å². The van der Waals surface area contributed by atoms with Gasteiger partial charge in [0.15, 0.2) is 0 Å². The number of aromatic nitrogens is 2. The molecule has 0 radical (unpaired) electrons. The first kappa shape index (κ1) is 12.0. The zero-order chi connectivity index (χ0) is 13.4. The summed E-state index contributed by atoms with van der Waals surface area (Å²) in [7, 11) is 0. The fourth-order valence-electron chi connectivity index (χ4n) is 2.44. The number of anilines is 2. The minimum Gasteiger partial charge on any atom is -0.398 e. The molecule has 0 fully saturated rings. The number of hydrogen-bond donors (Lipinski definition) is 2. The fourth-order valence-corrected chi connectivity index (χ4v) is 2.65. The van der Waals surface area contributed by atoms with E-state index < -0.39 is 0 Å². The number of nitrogen functional groups attached to an aromatic ring is 1. The summed E-state index contributed by atoms with van der Waals surface area (Å²) in [5.74, 6) is 0. The highest BCUT2D eigenvalue weighted by Gasteiger charge is 2.20. The van der Waals surface area contributed by atoms with Crippen LogP contribution >= 0.6 is 11.6 Å². The average Bonchev–Trinajstić information content (AvgIpc) is 2.42. The maximum Gasteiger partial charge on any atom is 0.285 e. The molecule has 1 aromatic heterocycles. The highest BCUT2D eigenvalue weighted by Crippen LogP contribution is 2.29. The van der Waals surface area contributed by atoms with Crippen molar-refractivity contribution in [3.63, 3.8) is 0 Å². The molecule has 0 spiro atoms. The van der Waals surface area contributed by atoms with Gasteiger partial charge in [-0.25, -0.2) is 5.10 Å². The Labute approximate surface area is 115 Å². The van der Waals surface area contributed by atoms with E-state index in [9.17, 15) is 4.79 Å². The topological polar surface area (TPSA) is 75.0 Å². The molecule has 98 valence electrons. The highest BCUT2D eigenvalue weighted by atomic mass is 35.5. The number of halogens is 1. The third kappa shape index (κ3) is 2.06. The minimum absolute atomic E-state index is 0.183. The van der Waals surface area contributed by atoms with Crippen LogP contribution in [0.3, 0.4) is 0 Å². The second kappa shape index (κ2) is 4.59. The maximum atomic E-state index is 11.5. The monoisotopic (exact) mass is 276 g/mol. The van der Waals surface area contributed by atoms with Crippen molar-refractivity contribution in [1.82, 2.24) is 10.2 Å². The van der Waals surface area contributed by atoms with Crippen LogP contribution < -0.4 is 16.2 Å². The molecule has 2 heterocycles. The van der Waals surface area contributed by atoms with E-state index in [1.165, 1.54) is 11.1 Å². The molecule has 0 atom stereocenters. The summed E-state index contributed by atoms with van der Waals surface area (Å²) < 4.78 is 0. The van der Waals surface area contributed by atoms with Gasteiger partial charge in [-0.3, -0.25) is 4.79 Å². The number of fused-ring (bicyclic) bond motifs is 1. The summed E-state index contributed by atoms with van der Waals surface area (Å²) in [6.45, 7) is 1.46. The molecule has 0 aliphatic carbocycles. The maximum absolute atomic E-state index is 11.5. The van der Waals surface area contributed by atoms with Crippen LogP contribution in [0.15, 0.2) is 29.2 Å². The van der Waals surface area contributed by atoms with Gasteiger partial charge >= 0.3 is 0 Å². The molecule has 0 amide bonds. The number of hydrogen-bond acceptors (Lipinski definition) is 4. The Balaban J connectivity index is 1.98. The molecule has 0 unspecified atom stereocenters. The van der Waals surface area contributed by atoms with Crippen LogP contribution in [0.1, 0.15) is 11.1 Å². The van der Waals surface area contributed by atoms with Crippen molar-refractivity contribution >= 4 is 23.0 Å². The number of nitrogens with one attached hydrogen (secondary N) is 1. The lowest BCUT2D eigenvalue weighted by Crippen LogP contribution is -2.32. The summed E-state index contributed by atoms with van der Waals surface area (Å²) in [5, 5.41) is 6.31. The molecule has 1 aliphatic rings. The van der Waals surface area contributed by atoms with Crippen LogP contribution in [-0.4, -0.2) is 16.7 Å². The molecule has 3 rings (SSSR count). The van der Waals surface area contributed by atoms with Crippen molar-refractivity contribution < 1.29 is 0 Å². The van der Waals surface area contributed by atoms with Gasteiger partial charge in [0.05, 0.1) is 11.9 Å². The van der Waals surface area contributed by atoms with Crippen molar-refractivity contribution in [2.24, 2.45) is 0 Å². The van der Waals surface area contributed by atoms with Gasteiger partial charge in [-0.05, 0) is 23.6 Å². The molecule has 0 bridgehead atoms. The van der Waals surface area contributed by atoms with E-state index in [1.807, 2.05) is 23.1 Å². The number of benzene rings is 1. The Morgan fingerprint density at radius 3 is 3.11 bits per heavy atom. The first-order valence-corrected chi connectivity index (χ1v) is 6.39. The predicted octanol–water partition coefficient (Wildman–Crippen LogP) is 1.57. The van der Waals surface area contributed by atoms with Crippen LogP contribution in [0.5, 0.6) is 0 Å². The van der Waals surface area contributed by atoms with Crippen molar-refractivity contribution in [2.45, 2.75) is 13.0 Å². The van der Waals surface area contributed by atoms with Gasteiger partial charge < -0.3 is 10.6 Å². The standard InChI is InChI=1S/C13H13ClN4O/c14-12-11(6-16-17-13(12)19)18-5-4-9-8(7-18)2-1-3-10(9)15/h1-3,6H,4-5,7,15H2,(H,17,19). The normalized spacial score (nSPS) is 14.3. The van der Waals surface area contributed by atoms with Crippen LogP contribution in [0.25, 0.3) is 0 Å². The van der Waals surface area contributed by atoms with Crippen molar-refractivity contribution in [3.05, 3.63) is 50.9 Å². The smallest absolute Gasteiger partial charge is 0.285 e. The largest absolute Gasteiger partial charge is 0.398 e. The quantitative estimate of drug-likeness (QED) is 0.775. The number of rotatable bonds is 1. The minimum atomic E-state index is -0.363. The predicted molar refractivity (Wildman–Crippen MR) is 75.5 cm³/mol. The molecular formula is C13H13ClN4O. The van der Waals surface area contributed by atoms with E-state index in [-0.39, 0.29) is 10.6 Å². The summed E-state index contributed by atoms with van der Waals surface area (Å²) in [4.78, 5) is 13.5. The molecule has 0 saturated carbocycles. The third-order valence-corrected chi connectivity index (χ3v) is 3.79. The summed E-state index contributed by atoms with van der Waals surface area (Å²) in [6, 6.07) is 5.90.